The van der Waals surface area contributed by atoms with Gasteiger partial charge in [-0.25, -0.2) is 0 Å². The number of benzene rings is 2. The Bertz CT molecular complexity index is 918. The number of nitrogens with zero attached hydrogens (tertiary/aromatic N) is 1. The zero-order chi connectivity index (χ0) is 17.4. The molecule has 4 heteroatoms. The zero-order valence-corrected chi connectivity index (χ0v) is 14.7. The van der Waals surface area contributed by atoms with E-state index in [9.17, 15) is 5.11 Å². The Labute approximate surface area is 147 Å². The van der Waals surface area contributed by atoms with Gasteiger partial charge in [0.25, 0.3) is 0 Å². The Kier molecular flexibility index (Phi) is 2.79. The van der Waals surface area contributed by atoms with Gasteiger partial charge in [-0.05, 0) is 32.4 Å². The Morgan fingerprint density at radius 3 is 2.80 bits per heavy atom. The lowest BCUT2D eigenvalue weighted by Gasteiger charge is -2.45. The minimum absolute atomic E-state index is 0.294. The lowest BCUT2D eigenvalue weighted by atomic mass is 9.89. The number of hydrogen-bond acceptors (Lipinski definition) is 4. The first-order valence-electron chi connectivity index (χ1n) is 8.75. The van der Waals surface area contributed by atoms with Crippen molar-refractivity contribution in [2.75, 3.05) is 10.2 Å². The van der Waals surface area contributed by atoms with Crippen molar-refractivity contribution in [2.45, 2.75) is 44.9 Å². The molecule has 0 bridgehead atoms. The number of fused-ring (bicyclic) bond motifs is 2. The molecule has 1 spiro atoms. The fourth-order valence-electron chi connectivity index (χ4n) is 4.62. The van der Waals surface area contributed by atoms with Gasteiger partial charge in [-0.15, -0.1) is 0 Å². The minimum atomic E-state index is -0.949. The molecule has 2 N–H and O–H groups in total. The summed E-state index contributed by atoms with van der Waals surface area (Å²) in [5, 5.41) is 14.9. The molecule has 0 fully saturated rings. The molecule has 25 heavy (non-hydrogen) atoms. The molecule has 3 aliphatic heterocycles. The van der Waals surface area contributed by atoms with Crippen LogP contribution in [0.2, 0.25) is 0 Å². The maximum atomic E-state index is 11.4. The second kappa shape index (κ2) is 4.65. The number of allylic oxidation sites excluding steroid dienone is 1. The van der Waals surface area contributed by atoms with Gasteiger partial charge in [0.15, 0.2) is 6.23 Å². The predicted octanol–water partition coefficient (Wildman–Crippen LogP) is 3.82. The van der Waals surface area contributed by atoms with Gasteiger partial charge in [0.05, 0.1) is 17.8 Å². The van der Waals surface area contributed by atoms with Gasteiger partial charge >= 0.3 is 0 Å². The molecule has 3 aliphatic rings. The standard InChI is InChI=1S/C21H22N2O2/c1-13-11-20(2,3)23-18-15(13)8-6-9-16(18)21(19(23)24)22-17-10-5-4-7-14(17)12-25-21/h4-11,19,22,24H,12H2,1-3H3/t19-,21+/m0/s1. The molecule has 2 aromatic rings. The molecular formula is C21H22N2O2. The summed E-state index contributed by atoms with van der Waals surface area (Å²) in [4.78, 5) is 2.09. The average molecular weight is 334 g/mol. The number of ether oxygens (including phenoxy) is 1. The van der Waals surface area contributed by atoms with E-state index in [1.165, 1.54) is 5.57 Å². The molecule has 2 aromatic carbocycles. The smallest absolute Gasteiger partial charge is 0.213 e. The fraction of sp³-hybridized carbons (Fsp3) is 0.333. The number of para-hydroxylation sites is 2. The van der Waals surface area contributed by atoms with Crippen molar-refractivity contribution >= 4 is 16.9 Å². The Morgan fingerprint density at radius 1 is 1.16 bits per heavy atom. The quantitative estimate of drug-likeness (QED) is 0.769. The molecule has 5 rings (SSSR count). The van der Waals surface area contributed by atoms with Crippen LogP contribution in [0.5, 0.6) is 0 Å². The van der Waals surface area contributed by atoms with Gasteiger partial charge in [0, 0.05) is 22.4 Å². The highest BCUT2D eigenvalue weighted by atomic mass is 16.5. The molecule has 0 saturated carbocycles. The number of aliphatic hydroxyl groups excluding tert-OH is 1. The first kappa shape index (κ1) is 15.0. The SMILES string of the molecule is CC1=CC(C)(C)N2c3c1cccc3[C@]1(Nc3ccccc3CO1)[C@@H]2O. The van der Waals surface area contributed by atoms with Gasteiger partial charge in [0.2, 0.25) is 5.72 Å². The van der Waals surface area contributed by atoms with Crippen LogP contribution in [0, 0.1) is 0 Å². The third-order valence-corrected chi connectivity index (χ3v) is 5.69. The number of aliphatic hydroxyl groups is 1. The first-order chi connectivity index (χ1) is 11.9. The lowest BCUT2D eigenvalue weighted by Crippen LogP contribution is -2.58. The molecule has 0 aliphatic carbocycles. The highest BCUT2D eigenvalue weighted by molar-refractivity contribution is 5.86. The molecule has 0 aromatic heterocycles. The minimum Gasteiger partial charge on any atom is -0.369 e. The molecule has 0 amide bonds. The number of nitrogens with one attached hydrogen (secondary N) is 1. The van der Waals surface area contributed by atoms with Gasteiger partial charge in [-0.3, -0.25) is 0 Å². The van der Waals surface area contributed by atoms with Crippen LogP contribution in [0.25, 0.3) is 5.57 Å². The third kappa shape index (κ3) is 1.78. The monoisotopic (exact) mass is 334 g/mol. The molecule has 0 radical (unpaired) electrons. The van der Waals surface area contributed by atoms with Crippen molar-refractivity contribution in [3.05, 3.63) is 65.2 Å². The summed E-state index contributed by atoms with van der Waals surface area (Å²) in [7, 11) is 0. The number of rotatable bonds is 0. The molecule has 4 nitrogen and oxygen atoms in total. The van der Waals surface area contributed by atoms with Crippen molar-refractivity contribution in [1.29, 1.82) is 0 Å². The molecule has 3 heterocycles. The molecular weight excluding hydrogens is 312 g/mol. The van der Waals surface area contributed by atoms with E-state index in [4.69, 9.17) is 4.74 Å². The summed E-state index contributed by atoms with van der Waals surface area (Å²) < 4.78 is 6.31. The molecule has 128 valence electrons. The largest absolute Gasteiger partial charge is 0.369 e. The van der Waals surface area contributed by atoms with Crippen molar-refractivity contribution in [3.63, 3.8) is 0 Å². The van der Waals surface area contributed by atoms with E-state index < -0.39 is 12.0 Å². The second-order valence-corrected chi connectivity index (χ2v) is 7.73. The van der Waals surface area contributed by atoms with E-state index in [0.717, 1.165) is 28.1 Å². The van der Waals surface area contributed by atoms with Gasteiger partial charge in [0.1, 0.15) is 0 Å². The van der Waals surface area contributed by atoms with Crippen LogP contribution in [0.4, 0.5) is 11.4 Å². The van der Waals surface area contributed by atoms with Crippen LogP contribution >= 0.6 is 0 Å². The van der Waals surface area contributed by atoms with E-state index in [2.05, 4.69) is 55.3 Å². The maximum Gasteiger partial charge on any atom is 0.213 e. The Balaban J connectivity index is 1.75. The summed E-state index contributed by atoms with van der Waals surface area (Å²) in [5.74, 6) is 0. The zero-order valence-electron chi connectivity index (χ0n) is 14.7. The summed E-state index contributed by atoms with van der Waals surface area (Å²) in [6.45, 7) is 6.88. The predicted molar refractivity (Wildman–Crippen MR) is 99.2 cm³/mol. The Hall–Kier alpha value is -2.30. The highest BCUT2D eigenvalue weighted by Crippen LogP contribution is 2.55. The van der Waals surface area contributed by atoms with Gasteiger partial charge < -0.3 is 20.1 Å². The van der Waals surface area contributed by atoms with Crippen LogP contribution in [0.1, 0.15) is 37.5 Å². The van der Waals surface area contributed by atoms with Crippen molar-refractivity contribution < 1.29 is 9.84 Å². The summed E-state index contributed by atoms with van der Waals surface area (Å²) >= 11 is 0. The molecule has 2 atom stereocenters. The first-order valence-corrected chi connectivity index (χ1v) is 8.75. The van der Waals surface area contributed by atoms with Crippen LogP contribution in [-0.2, 0) is 17.1 Å². The normalized spacial score (nSPS) is 28.2. The van der Waals surface area contributed by atoms with Gasteiger partial charge in [-0.1, -0.05) is 42.5 Å². The topological polar surface area (TPSA) is 44.7 Å². The van der Waals surface area contributed by atoms with Crippen molar-refractivity contribution in [2.24, 2.45) is 0 Å². The van der Waals surface area contributed by atoms with Gasteiger partial charge in [-0.2, -0.15) is 0 Å². The average Bonchev–Trinajstić information content (AvgIpc) is 2.83. The fourth-order valence-corrected chi connectivity index (χ4v) is 4.62. The van der Waals surface area contributed by atoms with Crippen LogP contribution in [0.3, 0.4) is 0 Å². The lowest BCUT2D eigenvalue weighted by molar-refractivity contribution is -0.119. The molecule has 0 unspecified atom stereocenters. The van der Waals surface area contributed by atoms with E-state index in [0.29, 0.717) is 6.61 Å². The molecule has 0 saturated heterocycles. The van der Waals surface area contributed by atoms with E-state index in [1.807, 2.05) is 24.3 Å². The summed E-state index contributed by atoms with van der Waals surface area (Å²) in [6.07, 6.45) is 1.41. The van der Waals surface area contributed by atoms with Crippen LogP contribution in [0.15, 0.2) is 48.5 Å². The second-order valence-electron chi connectivity index (χ2n) is 7.73. The van der Waals surface area contributed by atoms with Crippen LogP contribution < -0.4 is 10.2 Å². The van der Waals surface area contributed by atoms with E-state index >= 15 is 0 Å². The third-order valence-electron chi connectivity index (χ3n) is 5.69. The van der Waals surface area contributed by atoms with Crippen molar-refractivity contribution in [3.8, 4) is 0 Å². The van der Waals surface area contributed by atoms with E-state index in [-0.39, 0.29) is 5.54 Å². The number of hydrogen-bond donors (Lipinski definition) is 2. The highest BCUT2D eigenvalue weighted by Gasteiger charge is 2.58. The number of anilines is 2. The van der Waals surface area contributed by atoms with Crippen LogP contribution in [-0.4, -0.2) is 16.9 Å². The van der Waals surface area contributed by atoms with Crippen molar-refractivity contribution in [1.82, 2.24) is 0 Å². The summed E-state index contributed by atoms with van der Waals surface area (Å²) in [5.41, 5.74) is 5.37. The van der Waals surface area contributed by atoms with E-state index in [1.54, 1.807) is 0 Å². The maximum absolute atomic E-state index is 11.4. The summed E-state index contributed by atoms with van der Waals surface area (Å²) in [6, 6.07) is 14.4. The Morgan fingerprint density at radius 2 is 1.96 bits per heavy atom.